The van der Waals surface area contributed by atoms with Crippen LogP contribution in [0.5, 0.6) is 0 Å². The van der Waals surface area contributed by atoms with Crippen LogP contribution in [0.15, 0.2) is 0 Å². The van der Waals surface area contributed by atoms with Crippen LogP contribution in [0.4, 0.5) is 0 Å². The highest BCUT2D eigenvalue weighted by atomic mass is 16.6. The highest BCUT2D eigenvalue weighted by molar-refractivity contribution is 4.79. The van der Waals surface area contributed by atoms with Crippen molar-refractivity contribution in [2.75, 3.05) is 6.61 Å². The molecule has 0 saturated heterocycles. The van der Waals surface area contributed by atoms with Crippen LogP contribution >= 0.6 is 0 Å². The lowest BCUT2D eigenvalue weighted by atomic mass is 10.2. The fraction of sp³-hybridized carbons (Fsp3) is 1.00. The second-order valence-electron chi connectivity index (χ2n) is 2.66. The van der Waals surface area contributed by atoms with E-state index in [-0.39, 0.29) is 12.1 Å². The molecular weight excluding hydrogens is 130 g/mol. The Morgan fingerprint density at radius 3 is 2.90 bits per heavy atom. The number of nitrogens with one attached hydrogen (secondary N) is 1. The lowest BCUT2D eigenvalue weighted by Crippen LogP contribution is -2.35. The number of hydrogen-bond donors (Lipinski definition) is 2. The van der Waals surface area contributed by atoms with Gasteiger partial charge in [-0.25, -0.2) is 0 Å². The minimum Gasteiger partial charge on any atom is -0.391 e. The van der Waals surface area contributed by atoms with Gasteiger partial charge in [-0.2, -0.15) is 5.48 Å². The van der Waals surface area contributed by atoms with Crippen LogP contribution in [0, 0.1) is 0 Å². The van der Waals surface area contributed by atoms with Crippen molar-refractivity contribution in [2.45, 2.75) is 38.3 Å². The first-order chi connectivity index (χ1) is 4.84. The fourth-order valence-electron chi connectivity index (χ4n) is 1.27. The summed E-state index contributed by atoms with van der Waals surface area (Å²) in [5.41, 5.74) is 2.83. The molecule has 10 heavy (non-hydrogen) atoms. The van der Waals surface area contributed by atoms with Gasteiger partial charge in [-0.3, -0.25) is 0 Å². The maximum atomic E-state index is 9.27. The molecule has 60 valence electrons. The Labute approximate surface area is 61.3 Å². The zero-order valence-corrected chi connectivity index (χ0v) is 6.34. The number of hydrogen-bond acceptors (Lipinski definition) is 3. The van der Waals surface area contributed by atoms with Gasteiger partial charge in [-0.1, -0.05) is 0 Å². The molecular formula is C7H15NO2. The molecule has 0 aromatic rings. The first kappa shape index (κ1) is 7.98. The van der Waals surface area contributed by atoms with Crippen LogP contribution in [0.3, 0.4) is 0 Å². The van der Waals surface area contributed by atoms with E-state index in [0.29, 0.717) is 6.61 Å². The molecule has 3 nitrogen and oxygen atoms in total. The summed E-state index contributed by atoms with van der Waals surface area (Å²) in [5, 5.41) is 9.27. The Hall–Kier alpha value is -0.120. The van der Waals surface area contributed by atoms with Gasteiger partial charge in [0.2, 0.25) is 0 Å². The molecule has 0 bridgehead atoms. The average Bonchev–Trinajstić information content (AvgIpc) is 2.31. The topological polar surface area (TPSA) is 41.5 Å². The van der Waals surface area contributed by atoms with Crippen LogP contribution in [0.2, 0.25) is 0 Å². The standard InChI is InChI=1S/C7H15NO2/c1-2-10-8-6-4-3-5-7(6)9/h6-9H,2-5H2,1H3/t6-,7-/m0/s1. The van der Waals surface area contributed by atoms with Gasteiger partial charge in [0.15, 0.2) is 0 Å². The van der Waals surface area contributed by atoms with Crippen molar-refractivity contribution in [1.29, 1.82) is 0 Å². The summed E-state index contributed by atoms with van der Waals surface area (Å²) in [4.78, 5) is 4.98. The molecule has 0 spiro atoms. The fourth-order valence-corrected chi connectivity index (χ4v) is 1.27. The molecule has 0 amide bonds. The zero-order chi connectivity index (χ0) is 7.40. The quantitative estimate of drug-likeness (QED) is 0.566. The van der Waals surface area contributed by atoms with Gasteiger partial charge in [0, 0.05) is 0 Å². The highest BCUT2D eigenvalue weighted by Gasteiger charge is 2.24. The molecule has 0 aromatic heterocycles. The van der Waals surface area contributed by atoms with E-state index in [1.807, 2.05) is 6.92 Å². The summed E-state index contributed by atoms with van der Waals surface area (Å²) in [5.74, 6) is 0. The monoisotopic (exact) mass is 145 g/mol. The van der Waals surface area contributed by atoms with Crippen molar-refractivity contribution < 1.29 is 9.94 Å². The van der Waals surface area contributed by atoms with Crippen LogP contribution in [0.1, 0.15) is 26.2 Å². The average molecular weight is 145 g/mol. The van der Waals surface area contributed by atoms with E-state index in [0.717, 1.165) is 19.3 Å². The molecule has 1 rings (SSSR count). The van der Waals surface area contributed by atoms with Gasteiger partial charge in [0.25, 0.3) is 0 Å². The van der Waals surface area contributed by atoms with Crippen molar-refractivity contribution in [3.8, 4) is 0 Å². The van der Waals surface area contributed by atoms with Gasteiger partial charge in [-0.05, 0) is 26.2 Å². The number of rotatable bonds is 3. The molecule has 1 aliphatic carbocycles. The van der Waals surface area contributed by atoms with Crippen LogP contribution in [-0.2, 0) is 4.84 Å². The molecule has 0 aromatic carbocycles. The number of hydroxylamine groups is 1. The maximum absolute atomic E-state index is 9.27. The predicted octanol–water partition coefficient (Wildman–Crippen LogP) is 0.441. The Bertz CT molecular complexity index is 97.6. The van der Waals surface area contributed by atoms with Gasteiger partial charge in [0.05, 0.1) is 18.8 Å². The normalized spacial score (nSPS) is 33.0. The largest absolute Gasteiger partial charge is 0.391 e. The molecule has 0 aliphatic heterocycles. The summed E-state index contributed by atoms with van der Waals surface area (Å²) < 4.78 is 0. The second-order valence-corrected chi connectivity index (χ2v) is 2.66. The van der Waals surface area contributed by atoms with Crippen molar-refractivity contribution in [3.63, 3.8) is 0 Å². The molecule has 3 heteroatoms. The van der Waals surface area contributed by atoms with E-state index in [1.54, 1.807) is 0 Å². The predicted molar refractivity (Wildman–Crippen MR) is 38.4 cm³/mol. The Balaban J connectivity index is 2.14. The van der Waals surface area contributed by atoms with Gasteiger partial charge >= 0.3 is 0 Å². The first-order valence-electron chi connectivity index (χ1n) is 3.90. The van der Waals surface area contributed by atoms with E-state index in [4.69, 9.17) is 4.84 Å². The van der Waals surface area contributed by atoms with Crippen molar-refractivity contribution in [1.82, 2.24) is 5.48 Å². The Morgan fingerprint density at radius 1 is 1.60 bits per heavy atom. The molecule has 0 radical (unpaired) electrons. The van der Waals surface area contributed by atoms with E-state index in [1.165, 1.54) is 0 Å². The SMILES string of the molecule is CCON[C@H]1CCC[C@@H]1O. The second kappa shape index (κ2) is 3.91. The lowest BCUT2D eigenvalue weighted by Gasteiger charge is -2.14. The molecule has 0 heterocycles. The summed E-state index contributed by atoms with van der Waals surface area (Å²) in [6, 6.07) is 0.167. The van der Waals surface area contributed by atoms with Gasteiger partial charge < -0.3 is 9.94 Å². The van der Waals surface area contributed by atoms with E-state index >= 15 is 0 Å². The highest BCUT2D eigenvalue weighted by Crippen LogP contribution is 2.18. The molecule has 0 unspecified atom stereocenters. The van der Waals surface area contributed by atoms with E-state index in [2.05, 4.69) is 5.48 Å². The summed E-state index contributed by atoms with van der Waals surface area (Å²) in [6.45, 7) is 2.58. The van der Waals surface area contributed by atoms with Crippen LogP contribution in [-0.4, -0.2) is 23.9 Å². The lowest BCUT2D eigenvalue weighted by molar-refractivity contribution is -0.00646. The number of aliphatic hydroxyl groups excluding tert-OH is 1. The smallest absolute Gasteiger partial charge is 0.0716 e. The van der Waals surface area contributed by atoms with E-state index < -0.39 is 0 Å². The zero-order valence-electron chi connectivity index (χ0n) is 6.34. The van der Waals surface area contributed by atoms with Crippen molar-refractivity contribution in [3.05, 3.63) is 0 Å². The van der Waals surface area contributed by atoms with Crippen LogP contribution < -0.4 is 5.48 Å². The third kappa shape index (κ3) is 1.94. The van der Waals surface area contributed by atoms with Gasteiger partial charge in [-0.15, -0.1) is 0 Å². The Morgan fingerprint density at radius 2 is 2.40 bits per heavy atom. The molecule has 1 fully saturated rings. The molecule has 2 N–H and O–H groups in total. The van der Waals surface area contributed by atoms with Crippen LogP contribution in [0.25, 0.3) is 0 Å². The summed E-state index contributed by atoms with van der Waals surface area (Å²) in [6.07, 6.45) is 2.84. The Kier molecular flexibility index (Phi) is 3.12. The van der Waals surface area contributed by atoms with Gasteiger partial charge in [0.1, 0.15) is 0 Å². The molecule has 1 saturated carbocycles. The number of aliphatic hydroxyl groups is 1. The van der Waals surface area contributed by atoms with Crippen molar-refractivity contribution >= 4 is 0 Å². The van der Waals surface area contributed by atoms with Crippen molar-refractivity contribution in [2.24, 2.45) is 0 Å². The minimum absolute atomic E-state index is 0.167. The summed E-state index contributed by atoms with van der Waals surface area (Å²) >= 11 is 0. The van der Waals surface area contributed by atoms with E-state index in [9.17, 15) is 5.11 Å². The maximum Gasteiger partial charge on any atom is 0.0716 e. The third-order valence-electron chi connectivity index (χ3n) is 1.86. The minimum atomic E-state index is -0.202. The molecule has 1 aliphatic rings. The first-order valence-corrected chi connectivity index (χ1v) is 3.90. The molecule has 2 atom stereocenters. The third-order valence-corrected chi connectivity index (χ3v) is 1.86. The summed E-state index contributed by atoms with van der Waals surface area (Å²) in [7, 11) is 0.